The zero-order valence-corrected chi connectivity index (χ0v) is 33.4. The van der Waals surface area contributed by atoms with E-state index in [0.29, 0.717) is 0 Å². The molecule has 0 bridgehead atoms. The highest BCUT2D eigenvalue weighted by Gasteiger charge is 2.36. The third kappa shape index (κ3) is 5.22. The molecule has 0 radical (unpaired) electrons. The number of anilines is 3. The maximum atomic E-state index is 6.41. The summed E-state index contributed by atoms with van der Waals surface area (Å²) in [7, 11) is 0. The molecule has 3 heteroatoms. The van der Waals surface area contributed by atoms with Gasteiger partial charge in [-0.2, -0.15) is 0 Å². The van der Waals surface area contributed by atoms with Crippen LogP contribution in [-0.2, 0) is 5.41 Å². The second-order valence-electron chi connectivity index (χ2n) is 16.5. The number of furan rings is 1. The van der Waals surface area contributed by atoms with Crippen molar-refractivity contribution < 1.29 is 4.42 Å². The predicted octanol–water partition coefficient (Wildman–Crippen LogP) is 15.8. The van der Waals surface area contributed by atoms with Crippen LogP contribution in [0.4, 0.5) is 17.1 Å². The number of para-hydroxylation sites is 2. The summed E-state index contributed by atoms with van der Waals surface area (Å²) in [6.07, 6.45) is 0. The van der Waals surface area contributed by atoms with E-state index in [2.05, 4.69) is 224 Å². The van der Waals surface area contributed by atoms with Crippen LogP contribution >= 0.6 is 0 Å². The van der Waals surface area contributed by atoms with Crippen molar-refractivity contribution in [1.29, 1.82) is 0 Å². The van der Waals surface area contributed by atoms with Gasteiger partial charge in [0.2, 0.25) is 0 Å². The van der Waals surface area contributed by atoms with E-state index in [-0.39, 0.29) is 5.41 Å². The van der Waals surface area contributed by atoms with E-state index in [4.69, 9.17) is 4.42 Å². The quantitative estimate of drug-likeness (QED) is 0.168. The maximum Gasteiger partial charge on any atom is 0.137 e. The molecule has 12 rings (SSSR count). The highest BCUT2D eigenvalue weighted by Crippen LogP contribution is 2.52. The van der Waals surface area contributed by atoms with Crippen LogP contribution in [0, 0.1) is 0 Å². The lowest BCUT2D eigenvalue weighted by atomic mass is 9.82. The molecule has 0 unspecified atom stereocenters. The average molecular weight is 769 g/mol. The zero-order chi connectivity index (χ0) is 40.0. The van der Waals surface area contributed by atoms with Gasteiger partial charge in [-0.1, -0.05) is 141 Å². The molecule has 0 saturated carbocycles. The standard InChI is InChI=1S/C57H40N2O/c1-57(2)50-33-23-40(38-15-7-4-8-16-38)35-49(50)45-31-30-44(36-51(45)57)58(41-24-21-39(22-25-41)37-13-5-3-6-14-37)42-26-28-43(29-27-42)59-52-19-11-9-17-46(52)47-32-34-54-55(56(47)59)48-18-10-12-20-53(48)60-54/h3-36H,1-2H3. The minimum absolute atomic E-state index is 0.165. The van der Waals surface area contributed by atoms with Crippen molar-refractivity contribution >= 4 is 60.8 Å². The van der Waals surface area contributed by atoms with Crippen LogP contribution in [0.25, 0.3) is 82.8 Å². The zero-order valence-electron chi connectivity index (χ0n) is 33.4. The minimum Gasteiger partial charge on any atom is -0.456 e. The molecule has 1 aliphatic carbocycles. The number of hydrogen-bond acceptors (Lipinski definition) is 2. The Morgan fingerprint density at radius 3 is 1.77 bits per heavy atom. The second kappa shape index (κ2) is 13.2. The Morgan fingerprint density at radius 2 is 1.02 bits per heavy atom. The molecule has 0 spiro atoms. The Hall–Kier alpha value is -7.62. The predicted molar refractivity (Wildman–Crippen MR) is 251 cm³/mol. The van der Waals surface area contributed by atoms with Gasteiger partial charge in [-0.15, -0.1) is 0 Å². The van der Waals surface area contributed by atoms with Gasteiger partial charge in [0.1, 0.15) is 11.2 Å². The fourth-order valence-corrected chi connectivity index (χ4v) is 9.86. The molecular weight excluding hydrogens is 729 g/mol. The summed E-state index contributed by atoms with van der Waals surface area (Å²) in [5.41, 5.74) is 18.6. The number of benzene rings is 9. The summed E-state index contributed by atoms with van der Waals surface area (Å²) in [5.74, 6) is 0. The first-order valence-corrected chi connectivity index (χ1v) is 20.8. The molecule has 3 nitrogen and oxygen atoms in total. The summed E-state index contributed by atoms with van der Waals surface area (Å²) in [4.78, 5) is 2.40. The molecule has 2 aromatic heterocycles. The Bertz CT molecular complexity index is 3430. The normalized spacial score (nSPS) is 13.0. The van der Waals surface area contributed by atoms with Gasteiger partial charge in [-0.25, -0.2) is 0 Å². The Morgan fingerprint density at radius 1 is 0.417 bits per heavy atom. The van der Waals surface area contributed by atoms with Crippen molar-refractivity contribution in [2.75, 3.05) is 4.90 Å². The fraction of sp³-hybridized carbons (Fsp3) is 0.0526. The third-order valence-electron chi connectivity index (χ3n) is 12.8. The van der Waals surface area contributed by atoms with E-state index >= 15 is 0 Å². The largest absolute Gasteiger partial charge is 0.456 e. The first-order chi connectivity index (χ1) is 29.5. The van der Waals surface area contributed by atoms with Crippen molar-refractivity contribution in [2.24, 2.45) is 0 Å². The van der Waals surface area contributed by atoms with Gasteiger partial charge in [0.05, 0.1) is 16.4 Å². The average Bonchev–Trinajstić information content (AvgIpc) is 3.93. The van der Waals surface area contributed by atoms with E-state index in [1.807, 2.05) is 6.07 Å². The van der Waals surface area contributed by atoms with Crippen molar-refractivity contribution in [3.05, 3.63) is 217 Å². The molecule has 0 N–H and O–H groups in total. The minimum atomic E-state index is -0.165. The Kier molecular flexibility index (Phi) is 7.58. The Labute approximate surface area is 349 Å². The third-order valence-corrected chi connectivity index (χ3v) is 12.8. The molecule has 2 heterocycles. The van der Waals surface area contributed by atoms with E-state index in [1.165, 1.54) is 60.8 Å². The molecule has 1 aliphatic rings. The van der Waals surface area contributed by atoms with Gasteiger partial charge >= 0.3 is 0 Å². The van der Waals surface area contributed by atoms with Gasteiger partial charge in [0, 0.05) is 44.3 Å². The molecule has 284 valence electrons. The molecule has 0 fully saturated rings. The summed E-state index contributed by atoms with van der Waals surface area (Å²) in [6.45, 7) is 4.73. The molecule has 0 atom stereocenters. The highest BCUT2D eigenvalue weighted by molar-refractivity contribution is 6.24. The highest BCUT2D eigenvalue weighted by atomic mass is 16.3. The van der Waals surface area contributed by atoms with E-state index in [9.17, 15) is 0 Å². The molecular formula is C57H40N2O. The topological polar surface area (TPSA) is 21.3 Å². The molecule has 9 aromatic carbocycles. The van der Waals surface area contributed by atoms with Crippen LogP contribution in [0.1, 0.15) is 25.0 Å². The monoisotopic (exact) mass is 768 g/mol. The lowest BCUT2D eigenvalue weighted by molar-refractivity contribution is 0.660. The Balaban J connectivity index is 1.01. The number of rotatable bonds is 6. The van der Waals surface area contributed by atoms with Gasteiger partial charge in [0.15, 0.2) is 0 Å². The van der Waals surface area contributed by atoms with Crippen LogP contribution in [0.15, 0.2) is 211 Å². The number of nitrogens with zero attached hydrogens (tertiary/aromatic N) is 2. The van der Waals surface area contributed by atoms with Crippen LogP contribution in [0.2, 0.25) is 0 Å². The fourth-order valence-electron chi connectivity index (χ4n) is 9.86. The molecule has 11 aromatic rings. The van der Waals surface area contributed by atoms with Crippen LogP contribution in [-0.4, -0.2) is 4.57 Å². The first kappa shape index (κ1) is 34.4. The second-order valence-corrected chi connectivity index (χ2v) is 16.5. The first-order valence-electron chi connectivity index (χ1n) is 20.8. The lowest BCUT2D eigenvalue weighted by Crippen LogP contribution is -2.16. The smallest absolute Gasteiger partial charge is 0.137 e. The summed E-state index contributed by atoms with van der Waals surface area (Å²) >= 11 is 0. The van der Waals surface area contributed by atoms with Gasteiger partial charge in [-0.05, 0) is 123 Å². The van der Waals surface area contributed by atoms with Crippen molar-refractivity contribution in [3.8, 4) is 39.1 Å². The lowest BCUT2D eigenvalue weighted by Gasteiger charge is -2.28. The van der Waals surface area contributed by atoms with E-state index in [1.54, 1.807) is 0 Å². The maximum absolute atomic E-state index is 6.41. The number of hydrogen-bond donors (Lipinski definition) is 0. The van der Waals surface area contributed by atoms with E-state index in [0.717, 1.165) is 50.2 Å². The summed E-state index contributed by atoms with van der Waals surface area (Å²) < 4.78 is 8.82. The van der Waals surface area contributed by atoms with Crippen molar-refractivity contribution in [1.82, 2.24) is 4.57 Å². The van der Waals surface area contributed by atoms with Crippen molar-refractivity contribution in [2.45, 2.75) is 19.3 Å². The molecule has 0 saturated heterocycles. The number of aromatic nitrogens is 1. The van der Waals surface area contributed by atoms with E-state index < -0.39 is 0 Å². The van der Waals surface area contributed by atoms with Crippen LogP contribution in [0.3, 0.4) is 0 Å². The van der Waals surface area contributed by atoms with Crippen LogP contribution in [0.5, 0.6) is 0 Å². The van der Waals surface area contributed by atoms with Gasteiger partial charge < -0.3 is 13.9 Å². The molecule has 0 amide bonds. The van der Waals surface area contributed by atoms with Gasteiger partial charge in [0.25, 0.3) is 0 Å². The molecule has 60 heavy (non-hydrogen) atoms. The summed E-state index contributed by atoms with van der Waals surface area (Å²) in [6, 6.07) is 74.8. The SMILES string of the molecule is CC1(C)c2ccc(-c3ccccc3)cc2-c2ccc(N(c3ccc(-c4ccccc4)cc3)c3ccc(-n4c5ccccc5c5ccc6oc7ccccc7c6c54)cc3)cc21. The van der Waals surface area contributed by atoms with Gasteiger partial charge in [-0.3, -0.25) is 0 Å². The number of fused-ring (bicyclic) bond motifs is 10. The molecule has 0 aliphatic heterocycles. The summed E-state index contributed by atoms with van der Waals surface area (Å²) in [5, 5.41) is 4.70. The van der Waals surface area contributed by atoms with Crippen LogP contribution < -0.4 is 4.90 Å². The van der Waals surface area contributed by atoms with Crippen molar-refractivity contribution in [3.63, 3.8) is 0 Å².